The Kier molecular flexibility index (Phi) is 7.13. The Morgan fingerprint density at radius 1 is 1.28 bits per heavy atom. The van der Waals surface area contributed by atoms with E-state index in [0.717, 1.165) is 17.2 Å². The summed E-state index contributed by atoms with van der Waals surface area (Å²) in [5.74, 6) is -0.250. The second-order valence-electron chi connectivity index (χ2n) is 6.13. The number of carbonyl (C=O) groups excluding carboxylic acids is 1. The van der Waals surface area contributed by atoms with Crippen LogP contribution in [0.3, 0.4) is 0 Å². The maximum atomic E-state index is 12.3. The van der Waals surface area contributed by atoms with E-state index in [-0.39, 0.29) is 30.2 Å². The number of carbonyl (C=O) groups is 1. The summed E-state index contributed by atoms with van der Waals surface area (Å²) in [6, 6.07) is 10.7. The van der Waals surface area contributed by atoms with Gasteiger partial charge in [0, 0.05) is 6.54 Å². The number of rotatable bonds is 9. The molecular weight excluding hydrogens is 400 g/mol. The molecule has 3 N–H and O–H groups in total. The zero-order chi connectivity index (χ0) is 21.6. The van der Waals surface area contributed by atoms with Crippen LogP contribution in [0.4, 0.5) is 17.1 Å². The molecule has 0 spiro atoms. The highest BCUT2D eigenvalue weighted by Gasteiger charge is 2.27. The Labute approximate surface area is 168 Å². The average Bonchev–Trinajstić information content (AvgIpc) is 2.66. The number of ether oxygens (including phenoxy) is 1. The number of nitrogens with one attached hydrogen (secondary N) is 1. The van der Waals surface area contributed by atoms with Gasteiger partial charge < -0.3 is 15.4 Å². The van der Waals surface area contributed by atoms with E-state index in [1.807, 2.05) is 0 Å². The lowest BCUT2D eigenvalue weighted by Gasteiger charge is -2.23. The number of sulfonamides is 1. The van der Waals surface area contributed by atoms with Gasteiger partial charge in [-0.2, -0.15) is 0 Å². The van der Waals surface area contributed by atoms with Crippen molar-refractivity contribution in [1.82, 2.24) is 0 Å². The number of hydrogen-bond donors (Lipinski definition) is 2. The van der Waals surface area contributed by atoms with Gasteiger partial charge in [0.15, 0.2) is 5.75 Å². The number of nitrogens with two attached hydrogens (primary N) is 1. The van der Waals surface area contributed by atoms with Gasteiger partial charge in [-0.3, -0.25) is 19.6 Å². The number of amides is 1. The van der Waals surface area contributed by atoms with Crippen LogP contribution in [0.2, 0.25) is 0 Å². The van der Waals surface area contributed by atoms with Crippen molar-refractivity contribution in [2.45, 2.75) is 13.3 Å². The van der Waals surface area contributed by atoms with Crippen molar-refractivity contribution in [1.29, 1.82) is 0 Å². The normalized spacial score (nSPS) is 11.0. The Morgan fingerprint density at radius 3 is 2.45 bits per heavy atom. The Balaban J connectivity index is 2.69. The molecule has 0 aliphatic rings. The van der Waals surface area contributed by atoms with Crippen molar-refractivity contribution >= 4 is 33.0 Å². The summed E-state index contributed by atoms with van der Waals surface area (Å²) in [7, 11) is -3.73. The molecule has 2 rings (SSSR count). The van der Waals surface area contributed by atoms with E-state index in [0.29, 0.717) is 12.2 Å². The second-order valence-corrected chi connectivity index (χ2v) is 7.88. The molecule has 0 saturated carbocycles. The third kappa shape index (κ3) is 5.90. The molecule has 0 aliphatic heterocycles. The van der Waals surface area contributed by atoms with Crippen LogP contribution >= 0.6 is 0 Å². The monoisotopic (exact) mass is 422 g/mol. The lowest BCUT2D eigenvalue weighted by Crippen LogP contribution is -2.37. The summed E-state index contributed by atoms with van der Waals surface area (Å²) in [6.45, 7) is 1.62. The molecule has 29 heavy (non-hydrogen) atoms. The van der Waals surface area contributed by atoms with Gasteiger partial charge in [0.05, 0.1) is 29.5 Å². The van der Waals surface area contributed by atoms with E-state index >= 15 is 0 Å². The summed E-state index contributed by atoms with van der Waals surface area (Å²) in [6.07, 6.45) is 1.45. The zero-order valence-corrected chi connectivity index (χ0v) is 16.8. The summed E-state index contributed by atoms with van der Waals surface area (Å²) in [4.78, 5) is 24.4. The second kappa shape index (κ2) is 9.34. The van der Waals surface area contributed by atoms with Gasteiger partial charge >= 0.3 is 0 Å². The molecule has 0 unspecified atom stereocenters. The van der Waals surface area contributed by atoms with Crippen molar-refractivity contribution in [3.8, 4) is 11.5 Å². The fourth-order valence-electron chi connectivity index (χ4n) is 2.61. The van der Waals surface area contributed by atoms with Crippen LogP contribution in [0.1, 0.15) is 13.3 Å². The van der Waals surface area contributed by atoms with Crippen molar-refractivity contribution < 1.29 is 22.9 Å². The van der Waals surface area contributed by atoms with Gasteiger partial charge in [-0.1, -0.05) is 25.1 Å². The SMILES string of the molecule is CCCN(C(=O)CN)c1cc(NS(C)(=O)=O)c(Oc2ccccc2)cc1[N+](=O)[O-]. The Hall–Kier alpha value is -3.18. The number of nitro benzene ring substituents is 1. The van der Waals surface area contributed by atoms with Crippen LogP contribution in [0.5, 0.6) is 11.5 Å². The van der Waals surface area contributed by atoms with Crippen LogP contribution in [-0.2, 0) is 14.8 Å². The largest absolute Gasteiger partial charge is 0.455 e. The number of hydrogen-bond acceptors (Lipinski definition) is 7. The molecule has 0 radical (unpaired) electrons. The van der Waals surface area contributed by atoms with Crippen molar-refractivity contribution in [2.24, 2.45) is 5.73 Å². The fraction of sp³-hybridized carbons (Fsp3) is 0.278. The minimum Gasteiger partial charge on any atom is -0.455 e. The van der Waals surface area contributed by atoms with E-state index < -0.39 is 26.5 Å². The molecular formula is C18H22N4O6S. The number of benzene rings is 2. The summed E-state index contributed by atoms with van der Waals surface area (Å²) in [5.41, 5.74) is 4.92. The molecule has 2 aromatic rings. The minimum atomic E-state index is -3.73. The maximum absolute atomic E-state index is 12.3. The van der Waals surface area contributed by atoms with Gasteiger partial charge in [0.2, 0.25) is 15.9 Å². The van der Waals surface area contributed by atoms with Gasteiger partial charge in [-0.15, -0.1) is 0 Å². The first kappa shape index (κ1) is 22.1. The van der Waals surface area contributed by atoms with Crippen LogP contribution in [-0.4, -0.2) is 38.6 Å². The van der Waals surface area contributed by atoms with Crippen molar-refractivity contribution in [2.75, 3.05) is 29.0 Å². The fourth-order valence-corrected chi connectivity index (χ4v) is 3.17. The standard InChI is InChI=1S/C18H22N4O6S/c1-3-9-21(18(23)12-19)15-10-14(20-29(2,26)27)17(11-16(15)22(24)25)28-13-7-5-4-6-8-13/h4-8,10-11,20H,3,9,12,19H2,1-2H3. The topological polar surface area (TPSA) is 145 Å². The molecule has 0 heterocycles. The molecule has 0 aromatic heterocycles. The number of para-hydroxylation sites is 1. The molecule has 2 aromatic carbocycles. The highest BCUT2D eigenvalue weighted by molar-refractivity contribution is 7.92. The molecule has 0 aliphatic carbocycles. The highest BCUT2D eigenvalue weighted by Crippen LogP contribution is 2.40. The van der Waals surface area contributed by atoms with E-state index in [1.54, 1.807) is 37.3 Å². The minimum absolute atomic E-state index is 0.0390. The number of nitro groups is 1. The molecule has 1 amide bonds. The molecule has 0 bridgehead atoms. The van der Waals surface area contributed by atoms with Crippen LogP contribution < -0.4 is 20.1 Å². The summed E-state index contributed by atoms with van der Waals surface area (Å²) < 4.78 is 31.6. The van der Waals surface area contributed by atoms with E-state index in [4.69, 9.17) is 10.5 Å². The molecule has 0 saturated heterocycles. The highest BCUT2D eigenvalue weighted by atomic mass is 32.2. The molecule has 0 fully saturated rings. The predicted octanol–water partition coefficient (Wildman–Crippen LogP) is 2.46. The smallest absolute Gasteiger partial charge is 0.296 e. The van der Waals surface area contributed by atoms with Crippen LogP contribution in [0.15, 0.2) is 42.5 Å². The molecule has 156 valence electrons. The maximum Gasteiger partial charge on any atom is 0.296 e. The van der Waals surface area contributed by atoms with Crippen molar-refractivity contribution in [3.05, 3.63) is 52.6 Å². The first-order valence-corrected chi connectivity index (χ1v) is 10.6. The van der Waals surface area contributed by atoms with Gasteiger partial charge in [0.1, 0.15) is 11.4 Å². The van der Waals surface area contributed by atoms with E-state index in [1.165, 1.54) is 6.07 Å². The summed E-state index contributed by atoms with van der Waals surface area (Å²) >= 11 is 0. The molecule has 10 nitrogen and oxygen atoms in total. The number of anilines is 2. The Bertz CT molecular complexity index is 995. The lowest BCUT2D eigenvalue weighted by atomic mass is 10.2. The Morgan fingerprint density at radius 2 is 1.93 bits per heavy atom. The predicted molar refractivity (Wildman–Crippen MR) is 110 cm³/mol. The third-order valence-electron chi connectivity index (χ3n) is 3.75. The van der Waals surface area contributed by atoms with Gasteiger partial charge in [0.25, 0.3) is 5.69 Å². The number of nitrogens with zero attached hydrogens (tertiary/aromatic N) is 2. The zero-order valence-electron chi connectivity index (χ0n) is 16.0. The third-order valence-corrected chi connectivity index (χ3v) is 4.34. The average molecular weight is 422 g/mol. The van der Waals surface area contributed by atoms with E-state index in [2.05, 4.69) is 4.72 Å². The molecule has 11 heteroatoms. The van der Waals surface area contributed by atoms with Crippen LogP contribution in [0, 0.1) is 10.1 Å². The lowest BCUT2D eigenvalue weighted by molar-refractivity contribution is -0.384. The van der Waals surface area contributed by atoms with Crippen LogP contribution in [0.25, 0.3) is 0 Å². The molecule has 0 atom stereocenters. The summed E-state index contributed by atoms with van der Waals surface area (Å²) in [5, 5.41) is 11.7. The van der Waals surface area contributed by atoms with Crippen molar-refractivity contribution in [3.63, 3.8) is 0 Å². The van der Waals surface area contributed by atoms with Gasteiger partial charge in [-0.05, 0) is 24.6 Å². The first-order chi connectivity index (χ1) is 13.7. The van der Waals surface area contributed by atoms with E-state index in [9.17, 15) is 23.3 Å². The van der Waals surface area contributed by atoms with Gasteiger partial charge in [-0.25, -0.2) is 8.42 Å². The quantitative estimate of drug-likeness (QED) is 0.466. The first-order valence-electron chi connectivity index (χ1n) is 8.69.